The van der Waals surface area contributed by atoms with Crippen molar-refractivity contribution in [1.82, 2.24) is 4.90 Å². The van der Waals surface area contributed by atoms with Crippen LogP contribution in [0.15, 0.2) is 72.8 Å². The molecule has 4 rings (SSSR count). The molecule has 130 valence electrons. The van der Waals surface area contributed by atoms with E-state index in [2.05, 4.69) is 18.2 Å². The molecule has 3 heteroatoms. The van der Waals surface area contributed by atoms with Gasteiger partial charge in [0.2, 0.25) is 0 Å². The number of carbonyl (C=O) groups is 1. The molecule has 0 bridgehead atoms. The summed E-state index contributed by atoms with van der Waals surface area (Å²) in [5.41, 5.74) is 5.17. The summed E-state index contributed by atoms with van der Waals surface area (Å²) in [6.45, 7) is 2.66. The van der Waals surface area contributed by atoms with Crippen molar-refractivity contribution in [3.05, 3.63) is 106 Å². The van der Waals surface area contributed by atoms with Gasteiger partial charge >= 0.3 is 0 Å². The molecule has 0 saturated heterocycles. The second-order valence-corrected chi connectivity index (χ2v) is 7.09. The Labute approximate surface area is 159 Å². The third-order valence-corrected chi connectivity index (χ3v) is 5.46. The van der Waals surface area contributed by atoms with Crippen molar-refractivity contribution in [1.29, 1.82) is 0 Å². The topological polar surface area (TPSA) is 20.3 Å². The normalized spacial score (nSPS) is 16.2. The van der Waals surface area contributed by atoms with E-state index < -0.39 is 0 Å². The zero-order valence-corrected chi connectivity index (χ0v) is 15.4. The smallest absolute Gasteiger partial charge is 0.254 e. The van der Waals surface area contributed by atoms with Gasteiger partial charge in [0, 0.05) is 17.1 Å². The Bertz CT molecular complexity index is 966. The monoisotopic (exact) mass is 361 g/mol. The quantitative estimate of drug-likeness (QED) is 0.595. The Morgan fingerprint density at radius 1 is 0.923 bits per heavy atom. The molecule has 2 nitrogen and oxygen atoms in total. The lowest BCUT2D eigenvalue weighted by Gasteiger charge is -2.38. The number of carbonyl (C=O) groups excluding carboxylic acids is 1. The SMILES string of the molecule is Cc1ccccc1C(=O)N1CCc2ccccc2[C@@H]1c1ccccc1Cl. The predicted molar refractivity (Wildman–Crippen MR) is 106 cm³/mol. The van der Waals surface area contributed by atoms with E-state index in [9.17, 15) is 4.79 Å². The highest BCUT2D eigenvalue weighted by Gasteiger charge is 2.33. The molecule has 0 N–H and O–H groups in total. The van der Waals surface area contributed by atoms with Gasteiger partial charge in [-0.05, 0) is 47.7 Å². The first-order valence-corrected chi connectivity index (χ1v) is 9.23. The van der Waals surface area contributed by atoms with E-state index in [1.807, 2.05) is 66.4 Å². The average molecular weight is 362 g/mol. The molecule has 1 heterocycles. The second-order valence-electron chi connectivity index (χ2n) is 6.69. The van der Waals surface area contributed by atoms with Crippen molar-refractivity contribution in [2.24, 2.45) is 0 Å². The highest BCUT2D eigenvalue weighted by atomic mass is 35.5. The molecule has 1 amide bonds. The van der Waals surface area contributed by atoms with Crippen molar-refractivity contribution in [3.8, 4) is 0 Å². The van der Waals surface area contributed by atoms with E-state index in [0.717, 1.165) is 28.7 Å². The van der Waals surface area contributed by atoms with Gasteiger partial charge in [0.05, 0.1) is 6.04 Å². The number of halogens is 1. The van der Waals surface area contributed by atoms with Crippen LogP contribution in [0.4, 0.5) is 0 Å². The first-order chi connectivity index (χ1) is 12.7. The lowest BCUT2D eigenvalue weighted by atomic mass is 9.87. The van der Waals surface area contributed by atoms with E-state index in [-0.39, 0.29) is 11.9 Å². The lowest BCUT2D eigenvalue weighted by Crippen LogP contribution is -2.41. The standard InChI is InChI=1S/C23H20ClNO/c1-16-8-2-4-10-18(16)23(26)25-15-14-17-9-3-5-11-19(17)22(25)20-12-6-7-13-21(20)24/h2-13,22H,14-15H2,1H3/t22-/m1/s1. The zero-order valence-electron chi connectivity index (χ0n) is 14.7. The molecule has 1 aliphatic heterocycles. The van der Waals surface area contributed by atoms with Gasteiger partial charge in [-0.25, -0.2) is 0 Å². The minimum Gasteiger partial charge on any atom is -0.327 e. The van der Waals surface area contributed by atoms with Gasteiger partial charge in [-0.15, -0.1) is 0 Å². The van der Waals surface area contributed by atoms with E-state index >= 15 is 0 Å². The van der Waals surface area contributed by atoms with Gasteiger partial charge in [0.1, 0.15) is 0 Å². The van der Waals surface area contributed by atoms with Crippen LogP contribution in [0.1, 0.15) is 38.7 Å². The van der Waals surface area contributed by atoms with Crippen LogP contribution in [0.25, 0.3) is 0 Å². The Morgan fingerprint density at radius 3 is 2.35 bits per heavy atom. The summed E-state index contributed by atoms with van der Waals surface area (Å²) in [6, 6.07) is 23.8. The van der Waals surface area contributed by atoms with Crippen LogP contribution >= 0.6 is 11.6 Å². The van der Waals surface area contributed by atoms with Crippen LogP contribution in [0.2, 0.25) is 5.02 Å². The number of hydrogen-bond acceptors (Lipinski definition) is 1. The molecule has 0 saturated carbocycles. The number of amides is 1. The van der Waals surface area contributed by atoms with Crippen LogP contribution in [0.5, 0.6) is 0 Å². The molecule has 3 aromatic carbocycles. The highest BCUT2D eigenvalue weighted by molar-refractivity contribution is 6.31. The van der Waals surface area contributed by atoms with E-state index in [1.165, 1.54) is 5.56 Å². The molecule has 0 spiro atoms. The fourth-order valence-electron chi connectivity index (χ4n) is 3.79. The molecule has 0 aliphatic carbocycles. The molecular weight excluding hydrogens is 342 g/mol. The van der Waals surface area contributed by atoms with Crippen molar-refractivity contribution in [2.45, 2.75) is 19.4 Å². The average Bonchev–Trinajstić information content (AvgIpc) is 2.67. The summed E-state index contributed by atoms with van der Waals surface area (Å²) >= 11 is 6.53. The van der Waals surface area contributed by atoms with Crippen molar-refractivity contribution in [2.75, 3.05) is 6.54 Å². The fraction of sp³-hybridized carbons (Fsp3) is 0.174. The van der Waals surface area contributed by atoms with Crippen LogP contribution < -0.4 is 0 Å². The molecule has 26 heavy (non-hydrogen) atoms. The number of aryl methyl sites for hydroxylation is 1. The van der Waals surface area contributed by atoms with Gasteiger partial charge in [0.25, 0.3) is 5.91 Å². The maximum absolute atomic E-state index is 13.4. The van der Waals surface area contributed by atoms with Crippen molar-refractivity contribution >= 4 is 17.5 Å². The van der Waals surface area contributed by atoms with Crippen molar-refractivity contribution < 1.29 is 4.79 Å². The van der Waals surface area contributed by atoms with E-state index in [1.54, 1.807) is 0 Å². The molecule has 0 fully saturated rings. The molecule has 0 unspecified atom stereocenters. The molecular formula is C23H20ClNO. The summed E-state index contributed by atoms with van der Waals surface area (Å²) in [5.74, 6) is 0.0579. The number of hydrogen-bond donors (Lipinski definition) is 0. The Kier molecular flexibility index (Phi) is 4.52. The summed E-state index contributed by atoms with van der Waals surface area (Å²) in [7, 11) is 0. The summed E-state index contributed by atoms with van der Waals surface area (Å²) in [5, 5.41) is 0.691. The van der Waals surface area contributed by atoms with Crippen molar-refractivity contribution in [3.63, 3.8) is 0 Å². The van der Waals surface area contributed by atoms with Gasteiger partial charge in [-0.2, -0.15) is 0 Å². The fourth-order valence-corrected chi connectivity index (χ4v) is 4.02. The summed E-state index contributed by atoms with van der Waals surface area (Å²) < 4.78 is 0. The second kappa shape index (κ2) is 6.97. The Balaban J connectivity index is 1.85. The molecule has 0 aromatic heterocycles. The third kappa shape index (κ3) is 2.91. The van der Waals surface area contributed by atoms with E-state index in [0.29, 0.717) is 11.6 Å². The minimum atomic E-state index is -0.166. The minimum absolute atomic E-state index is 0.0579. The van der Waals surface area contributed by atoms with Crippen LogP contribution in [-0.4, -0.2) is 17.4 Å². The number of nitrogens with zero attached hydrogens (tertiary/aromatic N) is 1. The zero-order chi connectivity index (χ0) is 18.1. The summed E-state index contributed by atoms with van der Waals surface area (Å²) in [4.78, 5) is 15.4. The Hall–Kier alpha value is -2.58. The van der Waals surface area contributed by atoms with Gasteiger partial charge in [0.15, 0.2) is 0 Å². The highest BCUT2D eigenvalue weighted by Crippen LogP contribution is 2.39. The number of rotatable bonds is 2. The number of fused-ring (bicyclic) bond motifs is 1. The van der Waals surface area contributed by atoms with Gasteiger partial charge in [-0.3, -0.25) is 4.79 Å². The summed E-state index contributed by atoms with van der Waals surface area (Å²) in [6.07, 6.45) is 0.856. The largest absolute Gasteiger partial charge is 0.327 e. The van der Waals surface area contributed by atoms with Gasteiger partial charge < -0.3 is 4.90 Å². The van der Waals surface area contributed by atoms with Gasteiger partial charge in [-0.1, -0.05) is 72.3 Å². The molecule has 0 radical (unpaired) electrons. The molecule has 1 atom stereocenters. The predicted octanol–water partition coefficient (Wildman–Crippen LogP) is 5.44. The molecule has 1 aliphatic rings. The number of benzene rings is 3. The molecule has 3 aromatic rings. The first-order valence-electron chi connectivity index (χ1n) is 8.85. The maximum Gasteiger partial charge on any atom is 0.254 e. The van der Waals surface area contributed by atoms with Crippen LogP contribution in [0.3, 0.4) is 0 Å². The Morgan fingerprint density at radius 2 is 1.58 bits per heavy atom. The lowest BCUT2D eigenvalue weighted by molar-refractivity contribution is 0.0694. The van der Waals surface area contributed by atoms with Crippen LogP contribution in [0, 0.1) is 6.92 Å². The van der Waals surface area contributed by atoms with Crippen LogP contribution in [-0.2, 0) is 6.42 Å². The first kappa shape index (κ1) is 16.9. The van der Waals surface area contributed by atoms with E-state index in [4.69, 9.17) is 11.6 Å². The maximum atomic E-state index is 13.4. The third-order valence-electron chi connectivity index (χ3n) is 5.12.